The van der Waals surface area contributed by atoms with Gasteiger partial charge in [-0.25, -0.2) is 0 Å². The normalized spacial score (nSPS) is 15.2. The SMILES string of the molecule is COc1ccc(N2CCc3c(c4cc(Cl)ccc4n3Cc3ccccc3)C2c2ccc(Cl)cc2)cc1. The van der Waals surface area contributed by atoms with Crippen LogP contribution in [-0.2, 0) is 13.0 Å². The van der Waals surface area contributed by atoms with E-state index in [1.165, 1.54) is 33.3 Å². The van der Waals surface area contributed by atoms with Crippen LogP contribution in [0.3, 0.4) is 0 Å². The molecule has 6 rings (SSSR count). The van der Waals surface area contributed by atoms with E-state index < -0.39 is 0 Å². The molecule has 5 aromatic rings. The molecule has 0 radical (unpaired) electrons. The Morgan fingerprint density at radius 1 is 0.833 bits per heavy atom. The standard InChI is InChI=1S/C31H26Cl2N2O/c1-36-26-14-12-25(13-15-26)34-18-17-29-30(31(34)22-7-9-23(32)10-8-22)27-19-24(33)11-16-28(27)35(29)20-21-5-3-2-4-6-21/h2-16,19,31H,17-18,20H2,1H3. The van der Waals surface area contributed by atoms with Gasteiger partial charge in [-0.2, -0.15) is 0 Å². The van der Waals surface area contributed by atoms with Gasteiger partial charge < -0.3 is 14.2 Å². The number of methoxy groups -OCH3 is 1. The number of fused-ring (bicyclic) bond motifs is 3. The number of nitrogens with zero attached hydrogens (tertiary/aromatic N) is 2. The van der Waals surface area contributed by atoms with Crippen LogP contribution in [0.15, 0.2) is 97.1 Å². The molecule has 36 heavy (non-hydrogen) atoms. The number of benzene rings is 4. The summed E-state index contributed by atoms with van der Waals surface area (Å²) in [5.74, 6) is 0.853. The molecule has 1 atom stereocenters. The van der Waals surface area contributed by atoms with Crippen LogP contribution in [0.4, 0.5) is 5.69 Å². The summed E-state index contributed by atoms with van der Waals surface area (Å²) in [6.07, 6.45) is 0.935. The van der Waals surface area contributed by atoms with E-state index in [9.17, 15) is 0 Å². The van der Waals surface area contributed by atoms with Gasteiger partial charge in [0, 0.05) is 57.4 Å². The summed E-state index contributed by atoms with van der Waals surface area (Å²) in [6, 6.07) is 33.5. The quantitative estimate of drug-likeness (QED) is 0.236. The predicted octanol–water partition coefficient (Wildman–Crippen LogP) is 8.16. The lowest BCUT2D eigenvalue weighted by molar-refractivity contribution is 0.414. The highest BCUT2D eigenvalue weighted by Crippen LogP contribution is 2.44. The lowest BCUT2D eigenvalue weighted by Crippen LogP contribution is -2.36. The number of aromatic nitrogens is 1. The summed E-state index contributed by atoms with van der Waals surface area (Å²) in [4.78, 5) is 2.48. The minimum absolute atomic E-state index is 0.0254. The molecule has 1 aliphatic rings. The van der Waals surface area contributed by atoms with Crippen molar-refractivity contribution in [3.05, 3.63) is 129 Å². The third kappa shape index (κ3) is 4.13. The molecule has 0 fully saturated rings. The van der Waals surface area contributed by atoms with E-state index >= 15 is 0 Å². The Kier molecular flexibility index (Phi) is 6.12. The third-order valence-corrected chi connectivity index (χ3v) is 7.61. The topological polar surface area (TPSA) is 17.4 Å². The van der Waals surface area contributed by atoms with Crippen LogP contribution in [0.1, 0.15) is 28.4 Å². The Labute approximate surface area is 221 Å². The van der Waals surface area contributed by atoms with E-state index in [0.717, 1.165) is 41.0 Å². The lowest BCUT2D eigenvalue weighted by Gasteiger charge is -2.39. The molecule has 0 spiro atoms. The zero-order chi connectivity index (χ0) is 24.6. The maximum absolute atomic E-state index is 6.58. The maximum atomic E-state index is 6.58. The van der Waals surface area contributed by atoms with E-state index in [-0.39, 0.29) is 6.04 Å². The second-order valence-electron chi connectivity index (χ2n) is 9.19. The predicted molar refractivity (Wildman–Crippen MR) is 150 cm³/mol. The van der Waals surface area contributed by atoms with Crippen molar-refractivity contribution in [2.45, 2.75) is 19.0 Å². The summed E-state index contributed by atoms with van der Waals surface area (Å²) in [5.41, 5.74) is 7.53. The van der Waals surface area contributed by atoms with Crippen LogP contribution in [0.5, 0.6) is 5.75 Å². The average Bonchev–Trinajstić information content (AvgIpc) is 3.22. The van der Waals surface area contributed by atoms with Gasteiger partial charge >= 0.3 is 0 Å². The Morgan fingerprint density at radius 2 is 1.56 bits per heavy atom. The van der Waals surface area contributed by atoms with E-state index in [1.807, 2.05) is 30.3 Å². The van der Waals surface area contributed by atoms with Crippen LogP contribution < -0.4 is 9.64 Å². The summed E-state index contributed by atoms with van der Waals surface area (Å²) in [5, 5.41) is 2.69. The number of anilines is 1. The molecule has 0 bridgehead atoms. The van der Waals surface area contributed by atoms with E-state index in [2.05, 4.69) is 76.2 Å². The van der Waals surface area contributed by atoms with Crippen LogP contribution in [0, 0.1) is 0 Å². The van der Waals surface area contributed by atoms with Gasteiger partial charge in [-0.1, -0.05) is 65.7 Å². The van der Waals surface area contributed by atoms with Crippen molar-refractivity contribution in [1.82, 2.24) is 4.57 Å². The average molecular weight is 513 g/mol. The van der Waals surface area contributed by atoms with Crippen LogP contribution >= 0.6 is 23.2 Å². The number of ether oxygens (including phenoxy) is 1. The minimum Gasteiger partial charge on any atom is -0.497 e. The monoisotopic (exact) mass is 512 g/mol. The first-order valence-corrected chi connectivity index (χ1v) is 12.9. The largest absolute Gasteiger partial charge is 0.497 e. The molecule has 5 heteroatoms. The molecule has 0 N–H and O–H groups in total. The number of halogens is 2. The van der Waals surface area contributed by atoms with Crippen LogP contribution in [0.25, 0.3) is 10.9 Å². The van der Waals surface area contributed by atoms with Crippen LogP contribution in [-0.4, -0.2) is 18.2 Å². The van der Waals surface area contributed by atoms with Crippen molar-refractivity contribution in [2.75, 3.05) is 18.6 Å². The molecule has 3 nitrogen and oxygen atoms in total. The highest BCUT2D eigenvalue weighted by molar-refractivity contribution is 6.31. The number of hydrogen-bond acceptors (Lipinski definition) is 2. The Hall–Kier alpha value is -3.40. The molecule has 0 saturated heterocycles. The first-order valence-electron chi connectivity index (χ1n) is 12.1. The molecule has 2 heterocycles. The highest BCUT2D eigenvalue weighted by atomic mass is 35.5. The van der Waals surface area contributed by atoms with Crippen molar-refractivity contribution in [3.8, 4) is 5.75 Å². The second kappa shape index (κ2) is 9.57. The summed E-state index contributed by atoms with van der Waals surface area (Å²) >= 11 is 12.9. The van der Waals surface area contributed by atoms with Crippen molar-refractivity contribution in [3.63, 3.8) is 0 Å². The van der Waals surface area contributed by atoms with Gasteiger partial charge in [0.15, 0.2) is 0 Å². The fourth-order valence-corrected chi connectivity index (χ4v) is 5.78. The Balaban J connectivity index is 1.57. The fourth-order valence-electron chi connectivity index (χ4n) is 5.48. The molecule has 180 valence electrons. The fraction of sp³-hybridized carbons (Fsp3) is 0.161. The van der Waals surface area contributed by atoms with Gasteiger partial charge in [0.05, 0.1) is 13.2 Å². The smallest absolute Gasteiger partial charge is 0.119 e. The van der Waals surface area contributed by atoms with Crippen molar-refractivity contribution >= 4 is 39.8 Å². The molecule has 4 aromatic carbocycles. The number of hydrogen-bond donors (Lipinski definition) is 0. The zero-order valence-corrected chi connectivity index (χ0v) is 21.5. The minimum atomic E-state index is 0.0254. The summed E-state index contributed by atoms with van der Waals surface area (Å²) in [6.45, 7) is 1.72. The summed E-state index contributed by atoms with van der Waals surface area (Å²) < 4.78 is 7.89. The van der Waals surface area contributed by atoms with Gasteiger partial charge in [-0.3, -0.25) is 0 Å². The molecule has 1 unspecified atom stereocenters. The molecular formula is C31H26Cl2N2O. The van der Waals surface area contributed by atoms with Crippen molar-refractivity contribution in [1.29, 1.82) is 0 Å². The molecule has 1 aliphatic heterocycles. The van der Waals surface area contributed by atoms with E-state index in [0.29, 0.717) is 0 Å². The maximum Gasteiger partial charge on any atom is 0.119 e. The number of rotatable bonds is 5. The first kappa shape index (κ1) is 23.0. The molecular weight excluding hydrogens is 487 g/mol. The second-order valence-corrected chi connectivity index (χ2v) is 10.1. The van der Waals surface area contributed by atoms with Gasteiger partial charge in [-0.05, 0) is 65.7 Å². The molecule has 0 saturated carbocycles. The zero-order valence-electron chi connectivity index (χ0n) is 20.0. The first-order chi connectivity index (χ1) is 17.6. The van der Waals surface area contributed by atoms with Gasteiger partial charge in [0.1, 0.15) is 5.75 Å². The molecule has 1 aromatic heterocycles. The lowest BCUT2D eigenvalue weighted by atomic mass is 9.89. The van der Waals surface area contributed by atoms with E-state index in [4.69, 9.17) is 27.9 Å². The van der Waals surface area contributed by atoms with Gasteiger partial charge in [0.25, 0.3) is 0 Å². The third-order valence-electron chi connectivity index (χ3n) is 7.12. The highest BCUT2D eigenvalue weighted by Gasteiger charge is 2.34. The Morgan fingerprint density at radius 3 is 2.28 bits per heavy atom. The molecule has 0 amide bonds. The van der Waals surface area contributed by atoms with E-state index in [1.54, 1.807) is 7.11 Å². The van der Waals surface area contributed by atoms with Crippen molar-refractivity contribution < 1.29 is 4.74 Å². The molecule has 0 aliphatic carbocycles. The van der Waals surface area contributed by atoms with Crippen LogP contribution in [0.2, 0.25) is 10.0 Å². The summed E-state index contributed by atoms with van der Waals surface area (Å²) in [7, 11) is 1.70. The van der Waals surface area contributed by atoms with Crippen molar-refractivity contribution in [2.24, 2.45) is 0 Å². The van der Waals surface area contributed by atoms with Gasteiger partial charge in [0.2, 0.25) is 0 Å². The van der Waals surface area contributed by atoms with Gasteiger partial charge in [-0.15, -0.1) is 0 Å². The Bertz CT molecular complexity index is 1510.